The molecule has 0 N–H and O–H groups in total. The number of hydrogen-bond donors (Lipinski definition) is 0. The first-order chi connectivity index (χ1) is 5.86. The summed E-state index contributed by atoms with van der Waals surface area (Å²) in [6.45, 7) is 2.67. The van der Waals surface area contributed by atoms with Gasteiger partial charge >= 0.3 is 0 Å². The first kappa shape index (κ1) is 7.62. The van der Waals surface area contributed by atoms with Gasteiger partial charge in [-0.25, -0.2) is 0 Å². The van der Waals surface area contributed by atoms with Gasteiger partial charge in [-0.3, -0.25) is 0 Å². The normalized spacial score (nSPS) is 22.2. The molecule has 1 unspecified atom stereocenters. The highest BCUT2D eigenvalue weighted by Gasteiger charge is 2.12. The molecule has 12 heavy (non-hydrogen) atoms. The molecule has 64 valence electrons. The first-order valence-corrected chi connectivity index (χ1v) is 4.22. The molecule has 0 saturated carbocycles. The molecule has 0 amide bonds. The molecule has 0 bridgehead atoms. The molecule has 1 atom stereocenters. The topological polar surface area (TPSA) is 18.5 Å². The molecule has 1 aromatic carbocycles. The van der Waals surface area contributed by atoms with Crippen LogP contribution in [-0.4, -0.2) is 12.9 Å². The van der Waals surface area contributed by atoms with Gasteiger partial charge in [-0.05, 0) is 25.0 Å². The number of hydrogen-bond acceptors (Lipinski definition) is 2. The number of para-hydroxylation sites is 1. The predicted molar refractivity (Wildman–Crippen MR) is 46.2 cm³/mol. The third-order valence-corrected chi connectivity index (χ3v) is 1.99. The van der Waals surface area contributed by atoms with Gasteiger partial charge in [0.15, 0.2) is 6.29 Å². The van der Waals surface area contributed by atoms with Crippen molar-refractivity contribution in [2.75, 3.05) is 6.61 Å². The zero-order chi connectivity index (χ0) is 8.39. The van der Waals surface area contributed by atoms with Gasteiger partial charge in [0.1, 0.15) is 5.75 Å². The standard InChI is InChI=1S/C10H12O2/c1-8-11-7-6-9-4-2-3-5-10(9)12-8/h2-5,8H,6-7H2,1H3. The van der Waals surface area contributed by atoms with Crippen molar-refractivity contribution in [3.8, 4) is 5.75 Å². The Labute approximate surface area is 72.1 Å². The molecular formula is C10H12O2. The Hall–Kier alpha value is -1.02. The van der Waals surface area contributed by atoms with Gasteiger partial charge in [-0.1, -0.05) is 18.2 Å². The van der Waals surface area contributed by atoms with Crippen LogP contribution < -0.4 is 4.74 Å². The summed E-state index contributed by atoms with van der Waals surface area (Å²) >= 11 is 0. The van der Waals surface area contributed by atoms with E-state index in [0.29, 0.717) is 0 Å². The average Bonchev–Trinajstić information content (AvgIpc) is 2.25. The van der Waals surface area contributed by atoms with Crippen LogP contribution in [0.15, 0.2) is 24.3 Å². The van der Waals surface area contributed by atoms with E-state index in [0.717, 1.165) is 18.8 Å². The lowest BCUT2D eigenvalue weighted by molar-refractivity contribution is -0.0576. The summed E-state index contributed by atoms with van der Waals surface area (Å²) in [5.41, 5.74) is 1.24. The van der Waals surface area contributed by atoms with Gasteiger partial charge in [-0.15, -0.1) is 0 Å². The summed E-state index contributed by atoms with van der Waals surface area (Å²) in [7, 11) is 0. The van der Waals surface area contributed by atoms with Crippen molar-refractivity contribution in [1.82, 2.24) is 0 Å². The third kappa shape index (κ3) is 1.43. The van der Waals surface area contributed by atoms with Crippen LogP contribution in [0.5, 0.6) is 5.75 Å². The second kappa shape index (κ2) is 3.15. The molecule has 2 nitrogen and oxygen atoms in total. The average molecular weight is 164 g/mol. The quantitative estimate of drug-likeness (QED) is 0.583. The van der Waals surface area contributed by atoms with Crippen LogP contribution >= 0.6 is 0 Å². The maximum atomic E-state index is 5.53. The summed E-state index contributed by atoms with van der Waals surface area (Å²) in [5.74, 6) is 0.961. The first-order valence-electron chi connectivity index (χ1n) is 4.22. The van der Waals surface area contributed by atoms with Crippen LogP contribution in [0.2, 0.25) is 0 Å². The fourth-order valence-electron chi connectivity index (χ4n) is 1.37. The summed E-state index contributed by atoms with van der Waals surface area (Å²) in [5, 5.41) is 0. The Morgan fingerprint density at radius 3 is 3.08 bits per heavy atom. The van der Waals surface area contributed by atoms with Crippen molar-refractivity contribution in [3.05, 3.63) is 29.8 Å². The summed E-state index contributed by atoms with van der Waals surface area (Å²) in [6, 6.07) is 8.08. The molecule has 2 heteroatoms. The monoisotopic (exact) mass is 164 g/mol. The lowest BCUT2D eigenvalue weighted by Gasteiger charge is -2.11. The van der Waals surface area contributed by atoms with Crippen molar-refractivity contribution in [2.45, 2.75) is 19.6 Å². The van der Waals surface area contributed by atoms with E-state index in [9.17, 15) is 0 Å². The molecule has 0 fully saturated rings. The minimum Gasteiger partial charge on any atom is -0.465 e. The second-order valence-corrected chi connectivity index (χ2v) is 2.91. The molecule has 2 rings (SSSR count). The van der Waals surface area contributed by atoms with E-state index < -0.39 is 0 Å². The lowest BCUT2D eigenvalue weighted by Crippen LogP contribution is -2.14. The van der Waals surface area contributed by atoms with E-state index in [4.69, 9.17) is 9.47 Å². The van der Waals surface area contributed by atoms with E-state index in [1.165, 1.54) is 5.56 Å². The highest BCUT2D eigenvalue weighted by molar-refractivity contribution is 5.33. The van der Waals surface area contributed by atoms with Crippen LogP contribution in [0.4, 0.5) is 0 Å². The Bertz CT molecular complexity index is 270. The van der Waals surface area contributed by atoms with Crippen LogP contribution in [0.3, 0.4) is 0 Å². The maximum absolute atomic E-state index is 5.53. The molecule has 1 heterocycles. The smallest absolute Gasteiger partial charge is 0.197 e. The third-order valence-electron chi connectivity index (χ3n) is 1.99. The number of benzene rings is 1. The second-order valence-electron chi connectivity index (χ2n) is 2.91. The van der Waals surface area contributed by atoms with Crippen molar-refractivity contribution >= 4 is 0 Å². The van der Waals surface area contributed by atoms with Crippen molar-refractivity contribution in [3.63, 3.8) is 0 Å². The number of fused-ring (bicyclic) bond motifs is 1. The van der Waals surface area contributed by atoms with Crippen molar-refractivity contribution in [2.24, 2.45) is 0 Å². The Morgan fingerprint density at radius 2 is 2.17 bits per heavy atom. The fraction of sp³-hybridized carbons (Fsp3) is 0.400. The van der Waals surface area contributed by atoms with Gasteiger partial charge in [-0.2, -0.15) is 0 Å². The van der Waals surface area contributed by atoms with Crippen molar-refractivity contribution < 1.29 is 9.47 Å². The zero-order valence-electron chi connectivity index (χ0n) is 7.12. The molecule has 0 spiro atoms. The van der Waals surface area contributed by atoms with Gasteiger partial charge in [0.25, 0.3) is 0 Å². The van der Waals surface area contributed by atoms with Crippen LogP contribution in [0.25, 0.3) is 0 Å². The largest absolute Gasteiger partial charge is 0.465 e. The van der Waals surface area contributed by atoms with E-state index in [2.05, 4.69) is 6.07 Å². The van der Waals surface area contributed by atoms with E-state index in [1.54, 1.807) is 0 Å². The molecule has 0 radical (unpaired) electrons. The minimum atomic E-state index is -0.117. The van der Waals surface area contributed by atoms with Gasteiger partial charge in [0.05, 0.1) is 6.61 Å². The summed E-state index contributed by atoms with van der Waals surface area (Å²) in [4.78, 5) is 0. The van der Waals surface area contributed by atoms with Gasteiger partial charge in [0.2, 0.25) is 0 Å². The molecular weight excluding hydrogens is 152 g/mol. The molecule has 1 aromatic rings. The Balaban J connectivity index is 2.31. The minimum absolute atomic E-state index is 0.117. The van der Waals surface area contributed by atoms with Crippen LogP contribution in [0, 0.1) is 0 Å². The van der Waals surface area contributed by atoms with E-state index in [1.807, 2.05) is 25.1 Å². The fourth-order valence-corrected chi connectivity index (χ4v) is 1.37. The maximum Gasteiger partial charge on any atom is 0.197 e. The zero-order valence-corrected chi connectivity index (χ0v) is 7.12. The molecule has 0 aliphatic carbocycles. The Kier molecular flexibility index (Phi) is 2.00. The van der Waals surface area contributed by atoms with Crippen LogP contribution in [-0.2, 0) is 11.2 Å². The number of ether oxygens (including phenoxy) is 2. The molecule has 1 aliphatic heterocycles. The number of rotatable bonds is 0. The molecule has 0 aromatic heterocycles. The van der Waals surface area contributed by atoms with Gasteiger partial charge < -0.3 is 9.47 Å². The predicted octanol–water partition coefficient (Wildman–Crippen LogP) is 1.98. The molecule has 1 aliphatic rings. The van der Waals surface area contributed by atoms with Crippen LogP contribution in [0.1, 0.15) is 12.5 Å². The van der Waals surface area contributed by atoms with Crippen molar-refractivity contribution in [1.29, 1.82) is 0 Å². The summed E-state index contributed by atoms with van der Waals surface area (Å²) in [6.07, 6.45) is 0.828. The highest BCUT2D eigenvalue weighted by atomic mass is 16.7. The lowest BCUT2D eigenvalue weighted by atomic mass is 10.1. The van der Waals surface area contributed by atoms with E-state index in [-0.39, 0.29) is 6.29 Å². The van der Waals surface area contributed by atoms with Gasteiger partial charge in [0, 0.05) is 0 Å². The Morgan fingerprint density at radius 1 is 1.33 bits per heavy atom. The summed E-state index contributed by atoms with van der Waals surface area (Å²) < 4.78 is 10.9. The SMILES string of the molecule is CC1OCCc2ccccc2O1. The van der Waals surface area contributed by atoms with E-state index >= 15 is 0 Å². The molecule has 0 saturated heterocycles. The highest BCUT2D eigenvalue weighted by Crippen LogP contribution is 2.22.